The number of hydrogen-bond acceptors (Lipinski definition) is 3. The zero-order valence-corrected chi connectivity index (χ0v) is 12.3. The van der Waals surface area contributed by atoms with E-state index in [1.807, 2.05) is 6.92 Å². The van der Waals surface area contributed by atoms with Gasteiger partial charge in [-0.15, -0.1) is 0 Å². The average molecular weight is 268 g/mol. The summed E-state index contributed by atoms with van der Waals surface area (Å²) in [5, 5.41) is 3.22. The van der Waals surface area contributed by atoms with Crippen molar-refractivity contribution in [3.63, 3.8) is 0 Å². The Balaban J connectivity index is 2.84. The Morgan fingerprint density at radius 1 is 1.42 bits per heavy atom. The van der Waals surface area contributed by atoms with Gasteiger partial charge in [-0.2, -0.15) is 0 Å². The second-order valence-corrected chi connectivity index (χ2v) is 5.67. The summed E-state index contributed by atoms with van der Waals surface area (Å²) in [4.78, 5) is 0. The van der Waals surface area contributed by atoms with Crippen LogP contribution in [0.25, 0.3) is 0 Å². The van der Waals surface area contributed by atoms with Gasteiger partial charge in [0.25, 0.3) is 0 Å². The van der Waals surface area contributed by atoms with Crippen LogP contribution in [-0.4, -0.2) is 19.2 Å². The molecule has 108 valence electrons. The van der Waals surface area contributed by atoms with Crippen LogP contribution in [0.3, 0.4) is 0 Å². The van der Waals surface area contributed by atoms with Crippen molar-refractivity contribution in [2.24, 2.45) is 11.7 Å². The number of halogens is 1. The maximum atomic E-state index is 13.8. The summed E-state index contributed by atoms with van der Waals surface area (Å²) < 4.78 is 18.9. The third-order valence-corrected chi connectivity index (χ3v) is 3.33. The van der Waals surface area contributed by atoms with Gasteiger partial charge in [0, 0.05) is 18.2 Å². The molecule has 0 bridgehead atoms. The maximum absolute atomic E-state index is 13.8. The first-order chi connectivity index (χ1) is 8.90. The molecule has 0 aliphatic carbocycles. The molecule has 1 aromatic rings. The summed E-state index contributed by atoms with van der Waals surface area (Å²) in [5.74, 6) is 0.944. The number of methoxy groups -OCH3 is 1. The number of rotatable bonds is 7. The largest absolute Gasteiger partial charge is 0.497 e. The van der Waals surface area contributed by atoms with Gasteiger partial charge in [0.1, 0.15) is 11.6 Å². The monoisotopic (exact) mass is 268 g/mol. The Hall–Kier alpha value is -1.29. The zero-order valence-electron chi connectivity index (χ0n) is 12.3. The molecule has 0 saturated heterocycles. The quantitative estimate of drug-likeness (QED) is 0.796. The Kier molecular flexibility index (Phi) is 5.60. The van der Waals surface area contributed by atoms with Gasteiger partial charge in [-0.3, -0.25) is 0 Å². The van der Waals surface area contributed by atoms with Crippen LogP contribution in [0.2, 0.25) is 0 Å². The van der Waals surface area contributed by atoms with Crippen LogP contribution in [0.15, 0.2) is 18.2 Å². The van der Waals surface area contributed by atoms with Crippen molar-refractivity contribution in [2.75, 3.05) is 19.0 Å². The molecule has 0 aromatic heterocycles. The average Bonchev–Trinajstić information content (AvgIpc) is 2.39. The number of anilines is 1. The summed E-state index contributed by atoms with van der Waals surface area (Å²) in [5.41, 5.74) is 5.98. The zero-order chi connectivity index (χ0) is 14.5. The minimum atomic E-state index is -0.308. The third kappa shape index (κ3) is 4.71. The van der Waals surface area contributed by atoms with E-state index in [2.05, 4.69) is 19.2 Å². The molecule has 0 amide bonds. The van der Waals surface area contributed by atoms with Crippen LogP contribution in [0, 0.1) is 11.7 Å². The van der Waals surface area contributed by atoms with E-state index in [9.17, 15) is 4.39 Å². The third-order valence-electron chi connectivity index (χ3n) is 3.33. The topological polar surface area (TPSA) is 47.3 Å². The molecule has 1 atom stereocenters. The first kappa shape index (κ1) is 15.8. The summed E-state index contributed by atoms with van der Waals surface area (Å²) in [6.07, 6.45) is 1.95. The molecule has 0 fully saturated rings. The van der Waals surface area contributed by atoms with E-state index in [0.29, 0.717) is 23.9 Å². The first-order valence-corrected chi connectivity index (χ1v) is 6.72. The van der Waals surface area contributed by atoms with E-state index >= 15 is 0 Å². The second kappa shape index (κ2) is 6.75. The normalized spacial score (nSPS) is 14.3. The molecule has 4 heteroatoms. The molecule has 3 N–H and O–H groups in total. The van der Waals surface area contributed by atoms with Crippen molar-refractivity contribution in [2.45, 2.75) is 39.2 Å². The number of benzene rings is 1. The summed E-state index contributed by atoms with van der Waals surface area (Å²) >= 11 is 0. The van der Waals surface area contributed by atoms with Gasteiger partial charge < -0.3 is 15.8 Å². The Labute approximate surface area is 115 Å². The highest BCUT2D eigenvalue weighted by Crippen LogP contribution is 2.26. The van der Waals surface area contributed by atoms with Crippen LogP contribution >= 0.6 is 0 Å². The molecule has 1 aromatic carbocycles. The molecule has 0 heterocycles. The number of ether oxygens (including phenoxy) is 1. The van der Waals surface area contributed by atoms with Gasteiger partial charge in [-0.1, -0.05) is 13.8 Å². The minimum absolute atomic E-state index is 0.287. The molecular weight excluding hydrogens is 243 g/mol. The number of nitrogens with two attached hydrogens (primary N) is 1. The Morgan fingerprint density at radius 2 is 2.11 bits per heavy atom. The summed E-state index contributed by atoms with van der Waals surface area (Å²) in [6, 6.07) is 4.67. The highest BCUT2D eigenvalue weighted by Gasteiger charge is 2.23. The highest BCUT2D eigenvalue weighted by atomic mass is 19.1. The minimum Gasteiger partial charge on any atom is -0.497 e. The van der Waals surface area contributed by atoms with E-state index in [0.717, 1.165) is 12.8 Å². The predicted octanol–water partition coefficient (Wildman–Crippen LogP) is 3.40. The molecule has 0 aliphatic heterocycles. The molecule has 0 radical (unpaired) electrons. The molecule has 1 rings (SSSR count). The van der Waals surface area contributed by atoms with Gasteiger partial charge in [0.2, 0.25) is 0 Å². The van der Waals surface area contributed by atoms with Crippen molar-refractivity contribution in [1.29, 1.82) is 0 Å². The van der Waals surface area contributed by atoms with E-state index < -0.39 is 0 Å². The van der Waals surface area contributed by atoms with Crippen molar-refractivity contribution in [1.82, 2.24) is 0 Å². The van der Waals surface area contributed by atoms with E-state index in [1.54, 1.807) is 19.2 Å². The van der Waals surface area contributed by atoms with Crippen molar-refractivity contribution < 1.29 is 9.13 Å². The SMILES string of the molecule is COc1ccc(F)c(NC(C)(CN)CCC(C)C)c1. The van der Waals surface area contributed by atoms with Crippen LogP contribution < -0.4 is 15.8 Å². The van der Waals surface area contributed by atoms with Gasteiger partial charge in [0.15, 0.2) is 0 Å². The molecule has 0 saturated carbocycles. The van der Waals surface area contributed by atoms with E-state index in [1.165, 1.54) is 6.07 Å². The van der Waals surface area contributed by atoms with E-state index in [4.69, 9.17) is 10.5 Å². The smallest absolute Gasteiger partial charge is 0.146 e. The Morgan fingerprint density at radius 3 is 2.63 bits per heavy atom. The lowest BCUT2D eigenvalue weighted by Gasteiger charge is -2.31. The summed E-state index contributed by atoms with van der Waals surface area (Å²) in [6.45, 7) is 6.82. The molecule has 3 nitrogen and oxygen atoms in total. The lowest BCUT2D eigenvalue weighted by Crippen LogP contribution is -2.43. The highest BCUT2D eigenvalue weighted by molar-refractivity contribution is 5.51. The molecule has 0 spiro atoms. The fourth-order valence-electron chi connectivity index (χ4n) is 1.88. The lowest BCUT2D eigenvalue weighted by atomic mass is 9.91. The van der Waals surface area contributed by atoms with Crippen LogP contribution in [-0.2, 0) is 0 Å². The van der Waals surface area contributed by atoms with Crippen molar-refractivity contribution in [3.8, 4) is 5.75 Å². The molecular formula is C15H25FN2O. The molecule has 19 heavy (non-hydrogen) atoms. The van der Waals surface area contributed by atoms with Crippen LogP contribution in [0.4, 0.5) is 10.1 Å². The van der Waals surface area contributed by atoms with Crippen LogP contribution in [0.5, 0.6) is 5.75 Å². The number of hydrogen-bond donors (Lipinski definition) is 2. The first-order valence-electron chi connectivity index (χ1n) is 6.72. The van der Waals surface area contributed by atoms with Gasteiger partial charge in [0.05, 0.1) is 12.8 Å². The van der Waals surface area contributed by atoms with Crippen molar-refractivity contribution in [3.05, 3.63) is 24.0 Å². The molecule has 1 unspecified atom stereocenters. The summed E-state index contributed by atoms with van der Waals surface area (Å²) in [7, 11) is 1.57. The van der Waals surface area contributed by atoms with Gasteiger partial charge >= 0.3 is 0 Å². The van der Waals surface area contributed by atoms with Crippen molar-refractivity contribution >= 4 is 5.69 Å². The molecule has 0 aliphatic rings. The fraction of sp³-hybridized carbons (Fsp3) is 0.600. The number of nitrogens with one attached hydrogen (secondary N) is 1. The standard InChI is InChI=1S/C15H25FN2O/c1-11(2)7-8-15(3,10-17)18-14-9-12(19-4)5-6-13(14)16/h5-6,9,11,18H,7-8,10,17H2,1-4H3. The maximum Gasteiger partial charge on any atom is 0.146 e. The van der Waals surface area contributed by atoms with Gasteiger partial charge in [-0.25, -0.2) is 4.39 Å². The Bertz CT molecular complexity index is 409. The predicted molar refractivity (Wildman–Crippen MR) is 78.1 cm³/mol. The van der Waals surface area contributed by atoms with Crippen LogP contribution in [0.1, 0.15) is 33.6 Å². The van der Waals surface area contributed by atoms with Gasteiger partial charge in [-0.05, 0) is 37.8 Å². The lowest BCUT2D eigenvalue weighted by molar-refractivity contribution is 0.409. The second-order valence-electron chi connectivity index (χ2n) is 5.67. The fourth-order valence-corrected chi connectivity index (χ4v) is 1.88. The van der Waals surface area contributed by atoms with E-state index in [-0.39, 0.29) is 11.4 Å².